The first kappa shape index (κ1) is 22.6. The number of rotatable bonds is 10. The SMILES string of the molecule is CNC(=O)C(CC(C)C)NC(=O)C(Cc1cnc[nH]1)NC(=O)C(N)C(C)C. The zero-order valence-electron chi connectivity index (χ0n) is 16.7. The van der Waals surface area contributed by atoms with Gasteiger partial charge in [-0.2, -0.15) is 0 Å². The first-order valence-electron chi connectivity index (χ1n) is 9.20. The van der Waals surface area contributed by atoms with Gasteiger partial charge in [0.1, 0.15) is 12.1 Å². The standard InChI is InChI=1S/C18H32N6O3/c1-10(2)6-13(16(25)20-5)23-17(26)14(7-12-8-21-9-22-12)24-18(27)15(19)11(3)4/h8-11,13-15H,6-7,19H2,1-5H3,(H,20,25)(H,21,22)(H,23,26)(H,24,27). The highest BCUT2D eigenvalue weighted by molar-refractivity contribution is 5.93. The van der Waals surface area contributed by atoms with Gasteiger partial charge >= 0.3 is 0 Å². The van der Waals surface area contributed by atoms with E-state index in [4.69, 9.17) is 5.73 Å². The Hall–Kier alpha value is -2.42. The minimum Gasteiger partial charge on any atom is -0.357 e. The van der Waals surface area contributed by atoms with Crippen LogP contribution in [0.15, 0.2) is 12.5 Å². The summed E-state index contributed by atoms with van der Waals surface area (Å²) in [6.07, 6.45) is 3.78. The molecule has 1 aromatic rings. The second-order valence-electron chi connectivity index (χ2n) is 7.42. The number of likely N-dealkylation sites (N-methyl/N-ethyl adjacent to an activating group) is 1. The van der Waals surface area contributed by atoms with Crippen LogP contribution in [0.1, 0.15) is 39.8 Å². The smallest absolute Gasteiger partial charge is 0.243 e. The molecule has 152 valence electrons. The number of aromatic amines is 1. The maximum absolute atomic E-state index is 12.8. The normalized spacial score (nSPS) is 14.5. The molecule has 0 spiro atoms. The highest BCUT2D eigenvalue weighted by atomic mass is 16.2. The molecule has 0 aromatic carbocycles. The van der Waals surface area contributed by atoms with Crippen molar-refractivity contribution in [2.75, 3.05) is 7.05 Å². The Balaban J connectivity index is 2.93. The van der Waals surface area contributed by atoms with Gasteiger partial charge in [-0.3, -0.25) is 14.4 Å². The first-order valence-corrected chi connectivity index (χ1v) is 9.20. The lowest BCUT2D eigenvalue weighted by molar-refractivity contribution is -0.132. The fraction of sp³-hybridized carbons (Fsp3) is 0.667. The summed E-state index contributed by atoms with van der Waals surface area (Å²) >= 11 is 0. The van der Waals surface area contributed by atoms with E-state index < -0.39 is 29.9 Å². The summed E-state index contributed by atoms with van der Waals surface area (Å²) in [6.45, 7) is 7.60. The molecule has 0 fully saturated rings. The molecule has 0 saturated heterocycles. The third-order valence-electron chi connectivity index (χ3n) is 4.22. The lowest BCUT2D eigenvalue weighted by atomic mass is 10.0. The van der Waals surface area contributed by atoms with Gasteiger partial charge < -0.3 is 26.7 Å². The van der Waals surface area contributed by atoms with E-state index in [2.05, 4.69) is 25.9 Å². The van der Waals surface area contributed by atoms with Gasteiger partial charge in [0.15, 0.2) is 0 Å². The molecule has 3 amide bonds. The Kier molecular flexibility index (Phi) is 8.93. The van der Waals surface area contributed by atoms with Gasteiger partial charge in [0.05, 0.1) is 12.4 Å². The number of nitrogens with two attached hydrogens (primary N) is 1. The molecule has 1 rings (SSSR count). The first-order chi connectivity index (χ1) is 12.6. The van der Waals surface area contributed by atoms with E-state index in [-0.39, 0.29) is 24.2 Å². The Morgan fingerprint density at radius 1 is 1.07 bits per heavy atom. The van der Waals surface area contributed by atoms with Crippen LogP contribution in [-0.2, 0) is 20.8 Å². The largest absolute Gasteiger partial charge is 0.357 e. The summed E-state index contributed by atoms with van der Waals surface area (Å²) in [5.41, 5.74) is 6.58. The van der Waals surface area contributed by atoms with E-state index in [0.717, 1.165) is 0 Å². The van der Waals surface area contributed by atoms with Crippen molar-refractivity contribution in [3.8, 4) is 0 Å². The fourth-order valence-electron chi connectivity index (χ4n) is 2.55. The van der Waals surface area contributed by atoms with E-state index in [1.165, 1.54) is 13.4 Å². The highest BCUT2D eigenvalue weighted by Crippen LogP contribution is 2.07. The Morgan fingerprint density at radius 3 is 2.19 bits per heavy atom. The van der Waals surface area contributed by atoms with Crippen LogP contribution < -0.4 is 21.7 Å². The Morgan fingerprint density at radius 2 is 1.70 bits per heavy atom. The minimum absolute atomic E-state index is 0.0691. The molecule has 27 heavy (non-hydrogen) atoms. The maximum atomic E-state index is 12.8. The molecule has 1 heterocycles. The molecular weight excluding hydrogens is 348 g/mol. The number of nitrogens with zero attached hydrogens (tertiary/aromatic N) is 1. The van der Waals surface area contributed by atoms with E-state index in [1.807, 2.05) is 27.7 Å². The van der Waals surface area contributed by atoms with Gasteiger partial charge in [0, 0.05) is 25.4 Å². The number of hydrogen-bond acceptors (Lipinski definition) is 5. The molecule has 0 aliphatic rings. The zero-order chi connectivity index (χ0) is 20.6. The molecule has 0 bridgehead atoms. The predicted molar refractivity (Wildman–Crippen MR) is 102 cm³/mol. The number of H-pyrrole nitrogens is 1. The van der Waals surface area contributed by atoms with Crippen LogP contribution in [0.3, 0.4) is 0 Å². The van der Waals surface area contributed by atoms with E-state index in [0.29, 0.717) is 12.1 Å². The molecule has 9 nitrogen and oxygen atoms in total. The van der Waals surface area contributed by atoms with E-state index in [9.17, 15) is 14.4 Å². The van der Waals surface area contributed by atoms with Crippen LogP contribution in [0, 0.1) is 11.8 Å². The molecule has 0 aliphatic heterocycles. The van der Waals surface area contributed by atoms with Crippen molar-refractivity contribution in [3.05, 3.63) is 18.2 Å². The number of aromatic nitrogens is 2. The summed E-state index contributed by atoms with van der Waals surface area (Å²) in [7, 11) is 1.52. The summed E-state index contributed by atoms with van der Waals surface area (Å²) in [5, 5.41) is 8.00. The predicted octanol–water partition coefficient (Wildman–Crippen LogP) is -0.303. The molecule has 0 saturated carbocycles. The monoisotopic (exact) mass is 380 g/mol. The van der Waals surface area contributed by atoms with Crippen LogP contribution in [0.25, 0.3) is 0 Å². The average molecular weight is 380 g/mol. The number of carbonyl (C=O) groups excluding carboxylic acids is 3. The molecule has 9 heteroatoms. The highest BCUT2D eigenvalue weighted by Gasteiger charge is 2.29. The molecule has 6 N–H and O–H groups in total. The van der Waals surface area contributed by atoms with Crippen LogP contribution in [0.2, 0.25) is 0 Å². The topological polar surface area (TPSA) is 142 Å². The second kappa shape index (κ2) is 10.7. The zero-order valence-corrected chi connectivity index (χ0v) is 16.7. The quantitative estimate of drug-likeness (QED) is 0.379. The molecule has 0 radical (unpaired) electrons. The number of hydrogen-bond donors (Lipinski definition) is 5. The Bertz CT molecular complexity index is 615. The van der Waals surface area contributed by atoms with Crippen LogP contribution >= 0.6 is 0 Å². The van der Waals surface area contributed by atoms with Crippen molar-refractivity contribution in [1.82, 2.24) is 25.9 Å². The minimum atomic E-state index is -0.873. The second-order valence-corrected chi connectivity index (χ2v) is 7.42. The van der Waals surface area contributed by atoms with Gasteiger partial charge in [-0.05, 0) is 18.3 Å². The number of nitrogens with one attached hydrogen (secondary N) is 4. The molecule has 3 atom stereocenters. The Labute approximate surface area is 160 Å². The molecular formula is C18H32N6O3. The van der Waals surface area contributed by atoms with Crippen LogP contribution in [-0.4, -0.2) is 52.9 Å². The third kappa shape index (κ3) is 7.38. The molecule has 0 aliphatic carbocycles. The van der Waals surface area contributed by atoms with Crippen molar-refractivity contribution < 1.29 is 14.4 Å². The van der Waals surface area contributed by atoms with E-state index >= 15 is 0 Å². The van der Waals surface area contributed by atoms with Gasteiger partial charge in [-0.25, -0.2) is 4.98 Å². The van der Waals surface area contributed by atoms with Gasteiger partial charge in [0.25, 0.3) is 0 Å². The third-order valence-corrected chi connectivity index (χ3v) is 4.22. The molecule has 1 aromatic heterocycles. The average Bonchev–Trinajstić information content (AvgIpc) is 3.11. The van der Waals surface area contributed by atoms with Gasteiger partial charge in [0.2, 0.25) is 17.7 Å². The van der Waals surface area contributed by atoms with Gasteiger partial charge in [-0.1, -0.05) is 27.7 Å². The number of imidazole rings is 1. The lowest BCUT2D eigenvalue weighted by Crippen LogP contribution is -2.57. The van der Waals surface area contributed by atoms with Crippen molar-refractivity contribution >= 4 is 17.7 Å². The van der Waals surface area contributed by atoms with Crippen LogP contribution in [0.4, 0.5) is 0 Å². The summed E-state index contributed by atoms with van der Waals surface area (Å²) < 4.78 is 0. The van der Waals surface area contributed by atoms with Crippen molar-refractivity contribution in [2.45, 2.75) is 58.7 Å². The van der Waals surface area contributed by atoms with Crippen LogP contribution in [0.5, 0.6) is 0 Å². The summed E-state index contributed by atoms with van der Waals surface area (Å²) in [6, 6.07) is -2.28. The van der Waals surface area contributed by atoms with Crippen molar-refractivity contribution in [3.63, 3.8) is 0 Å². The fourth-order valence-corrected chi connectivity index (χ4v) is 2.55. The van der Waals surface area contributed by atoms with Crippen molar-refractivity contribution in [1.29, 1.82) is 0 Å². The summed E-state index contributed by atoms with van der Waals surface area (Å²) in [5.74, 6) is -0.987. The number of carbonyl (C=O) groups is 3. The summed E-state index contributed by atoms with van der Waals surface area (Å²) in [4.78, 5) is 44.1. The number of amides is 3. The van der Waals surface area contributed by atoms with E-state index in [1.54, 1.807) is 6.20 Å². The maximum Gasteiger partial charge on any atom is 0.243 e. The lowest BCUT2D eigenvalue weighted by Gasteiger charge is -2.25. The van der Waals surface area contributed by atoms with Gasteiger partial charge in [-0.15, -0.1) is 0 Å². The van der Waals surface area contributed by atoms with Crippen molar-refractivity contribution in [2.24, 2.45) is 17.6 Å². The molecule has 3 unspecified atom stereocenters.